The summed E-state index contributed by atoms with van der Waals surface area (Å²) < 4.78 is 29.6. The average Bonchev–Trinajstić information content (AvgIpc) is 2.98. The van der Waals surface area contributed by atoms with Crippen molar-refractivity contribution in [1.82, 2.24) is 5.32 Å². The highest BCUT2D eigenvalue weighted by Crippen LogP contribution is 2.21. The van der Waals surface area contributed by atoms with Crippen LogP contribution in [0.4, 0.5) is 8.78 Å². The number of halogens is 2. The second-order valence-electron chi connectivity index (χ2n) is 4.90. The topological polar surface area (TPSA) is 62.5 Å². The van der Waals surface area contributed by atoms with E-state index in [1.54, 1.807) is 12.1 Å². The van der Waals surface area contributed by atoms with Crippen LogP contribution in [0.5, 0.6) is 0 Å². The van der Waals surface area contributed by atoms with Gasteiger partial charge in [-0.1, -0.05) is 42.1 Å². The number of benzene rings is 1. The van der Waals surface area contributed by atoms with Gasteiger partial charge in [-0.05, 0) is 24.1 Å². The number of carboxylic acid groups (broad SMARTS) is 1. The standard InChI is InChI=1S/C16H17F2NO3S/c17-16(18)23-10-13-7-6-12(22-13)9-19-14(15(20)21)8-11-4-2-1-3-5-11/h1-7,14,16,19H,8-10H2,(H,20,21)/t14-/m1/s1. The number of rotatable bonds is 9. The Morgan fingerprint density at radius 3 is 2.52 bits per heavy atom. The van der Waals surface area contributed by atoms with Crippen LogP contribution in [0.25, 0.3) is 0 Å². The second kappa shape index (κ2) is 8.69. The largest absolute Gasteiger partial charge is 0.480 e. The number of nitrogens with one attached hydrogen (secondary N) is 1. The molecule has 4 nitrogen and oxygen atoms in total. The first-order valence-corrected chi connectivity index (χ1v) is 8.07. The Balaban J connectivity index is 1.88. The van der Waals surface area contributed by atoms with Gasteiger partial charge in [-0.25, -0.2) is 0 Å². The quantitative estimate of drug-likeness (QED) is 0.731. The highest BCUT2D eigenvalue weighted by molar-refractivity contribution is 7.98. The number of thioether (sulfide) groups is 1. The van der Waals surface area contributed by atoms with E-state index in [2.05, 4.69) is 5.32 Å². The molecular weight excluding hydrogens is 324 g/mol. The number of aliphatic carboxylic acids is 1. The minimum Gasteiger partial charge on any atom is -0.480 e. The first-order valence-electron chi connectivity index (χ1n) is 7.02. The van der Waals surface area contributed by atoms with Crippen LogP contribution in [0.2, 0.25) is 0 Å². The maximum absolute atomic E-state index is 12.1. The van der Waals surface area contributed by atoms with E-state index in [4.69, 9.17) is 4.42 Å². The van der Waals surface area contributed by atoms with E-state index < -0.39 is 17.8 Å². The Morgan fingerprint density at radius 1 is 1.17 bits per heavy atom. The van der Waals surface area contributed by atoms with Crippen molar-refractivity contribution < 1.29 is 23.1 Å². The van der Waals surface area contributed by atoms with Crippen molar-refractivity contribution in [1.29, 1.82) is 0 Å². The van der Waals surface area contributed by atoms with Crippen molar-refractivity contribution in [2.24, 2.45) is 0 Å². The summed E-state index contributed by atoms with van der Waals surface area (Å²) in [6.45, 7) is 0.225. The summed E-state index contributed by atoms with van der Waals surface area (Å²) in [5.74, 6) is -2.33. The summed E-state index contributed by atoms with van der Waals surface area (Å²) in [4.78, 5) is 11.3. The lowest BCUT2D eigenvalue weighted by atomic mass is 10.1. The van der Waals surface area contributed by atoms with Crippen LogP contribution in [0, 0.1) is 0 Å². The Hall–Kier alpha value is -1.86. The normalized spacial score (nSPS) is 12.5. The molecule has 0 aliphatic rings. The number of furan rings is 1. The highest BCUT2D eigenvalue weighted by Gasteiger charge is 2.18. The van der Waals surface area contributed by atoms with Gasteiger partial charge in [-0.15, -0.1) is 0 Å². The first-order chi connectivity index (χ1) is 11.0. The molecule has 0 saturated carbocycles. The van der Waals surface area contributed by atoms with Gasteiger partial charge in [-0.2, -0.15) is 8.78 Å². The zero-order valence-electron chi connectivity index (χ0n) is 12.2. The van der Waals surface area contributed by atoms with E-state index in [1.807, 2.05) is 30.3 Å². The Morgan fingerprint density at radius 2 is 1.87 bits per heavy atom. The average molecular weight is 341 g/mol. The summed E-state index contributed by atoms with van der Waals surface area (Å²) >= 11 is 0.487. The fraction of sp³-hybridized carbons (Fsp3) is 0.312. The van der Waals surface area contributed by atoms with Crippen molar-refractivity contribution in [2.75, 3.05) is 0 Å². The molecule has 0 aliphatic carbocycles. The number of carbonyl (C=O) groups is 1. The zero-order valence-corrected chi connectivity index (χ0v) is 13.1. The Labute approximate surface area is 136 Å². The fourth-order valence-electron chi connectivity index (χ4n) is 2.06. The monoisotopic (exact) mass is 341 g/mol. The van der Waals surface area contributed by atoms with E-state index in [0.29, 0.717) is 29.7 Å². The summed E-state index contributed by atoms with van der Waals surface area (Å²) in [5.41, 5.74) is 0.917. The predicted molar refractivity (Wildman–Crippen MR) is 84.4 cm³/mol. The van der Waals surface area contributed by atoms with Gasteiger partial charge < -0.3 is 9.52 Å². The number of hydrogen-bond donors (Lipinski definition) is 2. The maximum Gasteiger partial charge on any atom is 0.321 e. The van der Waals surface area contributed by atoms with Gasteiger partial charge in [-0.3, -0.25) is 10.1 Å². The SMILES string of the molecule is O=C(O)[C@@H](Cc1ccccc1)NCc1ccc(CSC(F)F)o1. The number of hydrogen-bond acceptors (Lipinski definition) is 4. The van der Waals surface area contributed by atoms with Gasteiger partial charge in [0.15, 0.2) is 0 Å². The van der Waals surface area contributed by atoms with Gasteiger partial charge in [0.05, 0.1) is 12.3 Å². The van der Waals surface area contributed by atoms with E-state index in [9.17, 15) is 18.7 Å². The lowest BCUT2D eigenvalue weighted by molar-refractivity contribution is -0.139. The van der Waals surface area contributed by atoms with Crippen molar-refractivity contribution in [3.05, 3.63) is 59.5 Å². The molecule has 2 aromatic rings. The van der Waals surface area contributed by atoms with Gasteiger partial charge >= 0.3 is 5.97 Å². The van der Waals surface area contributed by atoms with Crippen LogP contribution in [-0.4, -0.2) is 22.9 Å². The smallest absolute Gasteiger partial charge is 0.321 e. The number of carboxylic acids is 1. The molecule has 0 bridgehead atoms. The van der Waals surface area contributed by atoms with E-state index in [-0.39, 0.29) is 12.3 Å². The zero-order chi connectivity index (χ0) is 16.7. The van der Waals surface area contributed by atoms with Crippen molar-refractivity contribution in [3.8, 4) is 0 Å². The summed E-state index contributed by atoms with van der Waals surface area (Å²) in [5, 5.41) is 12.2. The van der Waals surface area contributed by atoms with Crippen LogP contribution < -0.4 is 5.32 Å². The molecule has 2 rings (SSSR count). The lowest BCUT2D eigenvalue weighted by Crippen LogP contribution is -2.38. The van der Waals surface area contributed by atoms with E-state index >= 15 is 0 Å². The Bertz CT molecular complexity index is 619. The third-order valence-electron chi connectivity index (χ3n) is 3.17. The molecule has 0 unspecified atom stereocenters. The van der Waals surface area contributed by atoms with Crippen LogP contribution in [0.3, 0.4) is 0 Å². The molecule has 0 amide bonds. The van der Waals surface area contributed by atoms with Gasteiger partial charge in [0, 0.05) is 0 Å². The predicted octanol–water partition coefficient (Wildman–Crippen LogP) is 3.52. The van der Waals surface area contributed by atoms with Crippen LogP contribution in [-0.2, 0) is 23.5 Å². The summed E-state index contributed by atoms with van der Waals surface area (Å²) in [6, 6.07) is 11.8. The second-order valence-corrected chi connectivity index (χ2v) is 5.88. The van der Waals surface area contributed by atoms with Crippen LogP contribution in [0.15, 0.2) is 46.9 Å². The molecule has 0 radical (unpaired) electrons. The molecule has 0 saturated heterocycles. The third kappa shape index (κ3) is 6.03. The van der Waals surface area contributed by atoms with E-state index in [1.165, 1.54) is 0 Å². The molecule has 0 fully saturated rings. The molecule has 1 aromatic heterocycles. The van der Waals surface area contributed by atoms with Crippen molar-refractivity contribution in [2.45, 2.75) is 30.5 Å². The van der Waals surface area contributed by atoms with Crippen molar-refractivity contribution in [3.63, 3.8) is 0 Å². The first kappa shape index (κ1) is 17.5. The highest BCUT2D eigenvalue weighted by atomic mass is 32.2. The molecule has 0 spiro atoms. The third-order valence-corrected chi connectivity index (χ3v) is 3.88. The van der Waals surface area contributed by atoms with E-state index in [0.717, 1.165) is 5.56 Å². The Kier molecular flexibility index (Phi) is 6.61. The minimum absolute atomic E-state index is 0.0873. The molecule has 0 aliphatic heterocycles. The fourth-order valence-corrected chi connectivity index (χ4v) is 2.51. The molecule has 1 aromatic carbocycles. The van der Waals surface area contributed by atoms with Crippen LogP contribution in [0.1, 0.15) is 17.1 Å². The lowest BCUT2D eigenvalue weighted by Gasteiger charge is -2.13. The summed E-state index contributed by atoms with van der Waals surface area (Å²) in [7, 11) is 0. The molecular formula is C16H17F2NO3S. The minimum atomic E-state index is -2.44. The molecule has 23 heavy (non-hydrogen) atoms. The maximum atomic E-state index is 12.1. The number of alkyl halides is 2. The van der Waals surface area contributed by atoms with Crippen molar-refractivity contribution >= 4 is 17.7 Å². The van der Waals surface area contributed by atoms with Gasteiger partial charge in [0.25, 0.3) is 5.76 Å². The summed E-state index contributed by atoms with van der Waals surface area (Å²) in [6.07, 6.45) is 0.352. The molecule has 2 N–H and O–H groups in total. The van der Waals surface area contributed by atoms with Gasteiger partial charge in [0.1, 0.15) is 17.6 Å². The molecule has 1 heterocycles. The van der Waals surface area contributed by atoms with Gasteiger partial charge in [0.2, 0.25) is 0 Å². The molecule has 7 heteroatoms. The van der Waals surface area contributed by atoms with Crippen LogP contribution >= 0.6 is 11.8 Å². The molecule has 124 valence electrons. The molecule has 1 atom stereocenters.